The maximum atomic E-state index is 12.9. The largest absolute Gasteiger partial charge is 0.352 e. The van der Waals surface area contributed by atoms with Crippen molar-refractivity contribution < 1.29 is 14.0 Å². The summed E-state index contributed by atoms with van der Waals surface area (Å²) in [5.41, 5.74) is 5.97. The molecule has 122 valence electrons. The molecule has 2 rings (SSSR count). The molecular formula is C16H18FN3O2S. The van der Waals surface area contributed by atoms with Gasteiger partial charge in [0.25, 0.3) is 0 Å². The molecule has 0 aliphatic rings. The summed E-state index contributed by atoms with van der Waals surface area (Å²) in [5.74, 6) is -0.551. The summed E-state index contributed by atoms with van der Waals surface area (Å²) < 4.78 is 12.9. The van der Waals surface area contributed by atoms with Gasteiger partial charge in [-0.05, 0) is 36.1 Å². The van der Waals surface area contributed by atoms with Crippen LogP contribution in [-0.4, -0.2) is 11.9 Å². The van der Waals surface area contributed by atoms with Gasteiger partial charge >= 0.3 is 6.03 Å². The Labute approximate surface area is 137 Å². The van der Waals surface area contributed by atoms with Gasteiger partial charge in [0.2, 0.25) is 5.91 Å². The van der Waals surface area contributed by atoms with Crippen molar-refractivity contribution in [2.45, 2.75) is 25.4 Å². The third-order valence-corrected chi connectivity index (χ3v) is 4.33. The molecule has 0 aliphatic carbocycles. The van der Waals surface area contributed by atoms with Gasteiger partial charge in [-0.25, -0.2) is 9.18 Å². The number of hydrogen-bond donors (Lipinski definition) is 3. The Balaban J connectivity index is 1.98. The second kappa shape index (κ2) is 7.73. The highest BCUT2D eigenvalue weighted by atomic mass is 32.1. The average Bonchev–Trinajstić information content (AvgIpc) is 3.00. The van der Waals surface area contributed by atoms with E-state index in [1.54, 1.807) is 12.1 Å². The summed E-state index contributed by atoms with van der Waals surface area (Å²) in [6.45, 7) is 1.81. The molecule has 2 unspecified atom stereocenters. The third kappa shape index (κ3) is 5.07. The maximum Gasteiger partial charge on any atom is 0.312 e. The van der Waals surface area contributed by atoms with Gasteiger partial charge in [-0.2, -0.15) is 0 Å². The smallest absolute Gasteiger partial charge is 0.312 e. The average molecular weight is 335 g/mol. The number of nitrogens with one attached hydrogen (secondary N) is 2. The molecular weight excluding hydrogens is 317 g/mol. The number of amides is 3. The lowest BCUT2D eigenvalue weighted by Gasteiger charge is -2.19. The van der Waals surface area contributed by atoms with Gasteiger partial charge in [-0.15, -0.1) is 11.3 Å². The number of carbonyl (C=O) groups is 2. The fraction of sp³-hybridized carbons (Fsp3) is 0.250. The first-order valence-corrected chi connectivity index (χ1v) is 7.98. The normalized spacial score (nSPS) is 13.1. The summed E-state index contributed by atoms with van der Waals surface area (Å²) in [6, 6.07) is 8.22. The zero-order chi connectivity index (χ0) is 16.8. The van der Waals surface area contributed by atoms with Crippen LogP contribution in [0.15, 0.2) is 41.8 Å². The number of primary amides is 1. The molecule has 23 heavy (non-hydrogen) atoms. The number of halogens is 1. The van der Waals surface area contributed by atoms with Crippen LogP contribution in [0.25, 0.3) is 0 Å². The number of benzene rings is 1. The molecule has 5 nitrogen and oxygen atoms in total. The number of carbonyl (C=O) groups excluding carboxylic acids is 2. The Morgan fingerprint density at radius 1 is 1.22 bits per heavy atom. The van der Waals surface area contributed by atoms with E-state index < -0.39 is 12.1 Å². The Kier molecular flexibility index (Phi) is 5.70. The second-order valence-electron chi connectivity index (χ2n) is 5.12. The molecule has 0 bridgehead atoms. The van der Waals surface area contributed by atoms with Crippen molar-refractivity contribution in [3.05, 3.63) is 58.0 Å². The van der Waals surface area contributed by atoms with E-state index in [0.29, 0.717) is 0 Å². The molecule has 1 aromatic heterocycles. The van der Waals surface area contributed by atoms with Crippen LogP contribution in [0.1, 0.15) is 35.9 Å². The zero-order valence-electron chi connectivity index (χ0n) is 12.6. The molecule has 2 atom stereocenters. The van der Waals surface area contributed by atoms with E-state index in [9.17, 15) is 14.0 Å². The number of rotatable bonds is 6. The number of thiophene rings is 1. The molecule has 4 N–H and O–H groups in total. The van der Waals surface area contributed by atoms with Crippen LogP contribution in [0, 0.1) is 5.82 Å². The minimum atomic E-state index is -0.678. The Hall–Kier alpha value is -2.41. The van der Waals surface area contributed by atoms with Gasteiger partial charge in [0.05, 0.1) is 18.5 Å². The van der Waals surface area contributed by atoms with E-state index in [4.69, 9.17) is 5.73 Å². The zero-order valence-corrected chi connectivity index (χ0v) is 13.4. The monoisotopic (exact) mass is 335 g/mol. The van der Waals surface area contributed by atoms with Crippen molar-refractivity contribution >= 4 is 23.3 Å². The van der Waals surface area contributed by atoms with E-state index in [1.165, 1.54) is 23.5 Å². The molecule has 1 aromatic carbocycles. The standard InChI is InChI=1S/C16H18FN3O2S/c1-10(11-4-6-12(17)7-5-11)19-15(21)9-13(20-16(18)22)14-3-2-8-23-14/h2-8,10,13H,9H2,1H3,(H,19,21)(H3,18,20,22). The number of urea groups is 1. The van der Waals surface area contributed by atoms with Crippen LogP contribution >= 0.6 is 11.3 Å². The molecule has 7 heteroatoms. The molecule has 1 heterocycles. The highest BCUT2D eigenvalue weighted by Gasteiger charge is 2.19. The lowest BCUT2D eigenvalue weighted by molar-refractivity contribution is -0.122. The van der Waals surface area contributed by atoms with Gasteiger partial charge in [-0.1, -0.05) is 18.2 Å². The van der Waals surface area contributed by atoms with E-state index in [0.717, 1.165) is 10.4 Å². The fourth-order valence-corrected chi connectivity index (χ4v) is 2.98. The highest BCUT2D eigenvalue weighted by molar-refractivity contribution is 7.10. The summed E-state index contributed by atoms with van der Waals surface area (Å²) in [6.07, 6.45) is 0.0784. The van der Waals surface area contributed by atoms with Crippen LogP contribution in [0.2, 0.25) is 0 Å². The van der Waals surface area contributed by atoms with Crippen LogP contribution < -0.4 is 16.4 Å². The van der Waals surface area contributed by atoms with Crippen molar-refractivity contribution in [1.29, 1.82) is 0 Å². The van der Waals surface area contributed by atoms with Gasteiger partial charge in [-0.3, -0.25) is 4.79 Å². The van der Waals surface area contributed by atoms with Crippen LogP contribution in [0.3, 0.4) is 0 Å². The summed E-state index contributed by atoms with van der Waals surface area (Å²) in [5, 5.41) is 7.27. The van der Waals surface area contributed by atoms with E-state index in [2.05, 4.69) is 10.6 Å². The predicted molar refractivity (Wildman–Crippen MR) is 87.4 cm³/mol. The molecule has 3 amide bonds. The first-order valence-electron chi connectivity index (χ1n) is 7.10. The van der Waals surface area contributed by atoms with E-state index in [1.807, 2.05) is 24.4 Å². The van der Waals surface area contributed by atoms with Gasteiger partial charge in [0.1, 0.15) is 5.82 Å². The van der Waals surface area contributed by atoms with Gasteiger partial charge < -0.3 is 16.4 Å². The summed E-state index contributed by atoms with van der Waals surface area (Å²) in [7, 11) is 0. The molecule has 0 saturated carbocycles. The fourth-order valence-electron chi connectivity index (χ4n) is 2.20. The van der Waals surface area contributed by atoms with Crippen LogP contribution in [0.4, 0.5) is 9.18 Å². The van der Waals surface area contributed by atoms with E-state index in [-0.39, 0.29) is 24.2 Å². The topological polar surface area (TPSA) is 84.2 Å². The molecule has 0 fully saturated rings. The van der Waals surface area contributed by atoms with Gasteiger partial charge in [0, 0.05) is 4.88 Å². The molecule has 0 spiro atoms. The summed E-state index contributed by atoms with van der Waals surface area (Å²) in [4.78, 5) is 24.2. The van der Waals surface area contributed by atoms with Crippen molar-refractivity contribution in [2.75, 3.05) is 0 Å². The van der Waals surface area contributed by atoms with Crippen molar-refractivity contribution in [3.8, 4) is 0 Å². The lowest BCUT2D eigenvalue weighted by Crippen LogP contribution is -2.36. The first-order chi connectivity index (χ1) is 11.0. The second-order valence-corrected chi connectivity index (χ2v) is 6.10. The lowest BCUT2D eigenvalue weighted by atomic mass is 10.1. The quantitative estimate of drug-likeness (QED) is 0.758. The molecule has 2 aromatic rings. The Bertz CT molecular complexity index is 658. The van der Waals surface area contributed by atoms with Gasteiger partial charge in [0.15, 0.2) is 0 Å². The minimum absolute atomic E-state index is 0.0784. The van der Waals surface area contributed by atoms with Crippen molar-refractivity contribution in [1.82, 2.24) is 10.6 Å². The SMILES string of the molecule is CC(NC(=O)CC(NC(N)=O)c1cccs1)c1ccc(F)cc1. The van der Waals surface area contributed by atoms with Crippen molar-refractivity contribution in [3.63, 3.8) is 0 Å². The molecule has 0 aliphatic heterocycles. The number of nitrogens with two attached hydrogens (primary N) is 1. The van der Waals surface area contributed by atoms with E-state index >= 15 is 0 Å². The Morgan fingerprint density at radius 3 is 2.48 bits per heavy atom. The molecule has 0 saturated heterocycles. The minimum Gasteiger partial charge on any atom is -0.352 e. The third-order valence-electron chi connectivity index (χ3n) is 3.34. The first kappa shape index (κ1) is 17.0. The highest BCUT2D eigenvalue weighted by Crippen LogP contribution is 2.22. The molecule has 0 radical (unpaired) electrons. The Morgan fingerprint density at radius 2 is 1.91 bits per heavy atom. The van der Waals surface area contributed by atoms with Crippen molar-refractivity contribution in [2.24, 2.45) is 5.73 Å². The predicted octanol–water partition coefficient (Wildman–Crippen LogP) is 2.86. The number of hydrogen-bond acceptors (Lipinski definition) is 3. The summed E-state index contributed by atoms with van der Waals surface area (Å²) >= 11 is 1.44. The van der Waals surface area contributed by atoms with Crippen LogP contribution in [0.5, 0.6) is 0 Å². The maximum absolute atomic E-state index is 12.9. The van der Waals surface area contributed by atoms with Crippen LogP contribution in [-0.2, 0) is 4.79 Å².